The summed E-state index contributed by atoms with van der Waals surface area (Å²) in [4.78, 5) is 11.5. The van der Waals surface area contributed by atoms with Gasteiger partial charge in [-0.2, -0.15) is 0 Å². The van der Waals surface area contributed by atoms with Crippen molar-refractivity contribution < 1.29 is 24.5 Å². The number of hydrogen-bond acceptors (Lipinski definition) is 4. The first-order chi connectivity index (χ1) is 7.49. The Morgan fingerprint density at radius 3 is 3.00 bits per heavy atom. The van der Waals surface area contributed by atoms with Gasteiger partial charge in [-0.3, -0.25) is 4.79 Å². The zero-order valence-electron chi connectivity index (χ0n) is 8.92. The highest BCUT2D eigenvalue weighted by atomic mass is 16.7. The highest BCUT2D eigenvalue weighted by Crippen LogP contribution is 2.62. The van der Waals surface area contributed by atoms with Crippen molar-refractivity contribution in [3.05, 3.63) is 12.3 Å². The van der Waals surface area contributed by atoms with Crippen LogP contribution < -0.4 is 0 Å². The molecular formula is C11H14O5. The lowest BCUT2D eigenvalue weighted by Crippen LogP contribution is -2.50. The van der Waals surface area contributed by atoms with Crippen molar-refractivity contribution in [3.63, 3.8) is 0 Å². The molecule has 0 spiro atoms. The van der Waals surface area contributed by atoms with Crippen LogP contribution in [0.15, 0.2) is 12.3 Å². The molecule has 3 rings (SSSR count). The van der Waals surface area contributed by atoms with Crippen molar-refractivity contribution in [2.75, 3.05) is 0 Å². The third kappa shape index (κ3) is 0.912. The van der Waals surface area contributed by atoms with Crippen LogP contribution in [0.4, 0.5) is 0 Å². The van der Waals surface area contributed by atoms with Gasteiger partial charge in [-0.25, -0.2) is 0 Å². The largest absolute Gasteiger partial charge is 0.481 e. The van der Waals surface area contributed by atoms with Crippen LogP contribution in [-0.2, 0) is 14.3 Å². The quantitative estimate of drug-likeness (QED) is 0.688. The second-order valence-electron chi connectivity index (χ2n) is 4.94. The average molecular weight is 226 g/mol. The summed E-state index contributed by atoms with van der Waals surface area (Å²) < 4.78 is 10.6. The molecule has 0 radical (unpaired) electrons. The predicted octanol–water partition coefficient (Wildman–Crippen LogP) is 0.692. The van der Waals surface area contributed by atoms with Crippen LogP contribution >= 0.6 is 0 Å². The molecule has 1 saturated carbocycles. The van der Waals surface area contributed by atoms with Gasteiger partial charge in [0.15, 0.2) is 5.79 Å². The zero-order chi connectivity index (χ0) is 11.6. The molecule has 5 atom stereocenters. The van der Waals surface area contributed by atoms with E-state index in [-0.39, 0.29) is 11.8 Å². The molecule has 88 valence electrons. The fourth-order valence-corrected chi connectivity index (χ4v) is 3.49. The van der Waals surface area contributed by atoms with Crippen LogP contribution in [0.2, 0.25) is 0 Å². The lowest BCUT2D eigenvalue weighted by atomic mass is 9.71. The Balaban J connectivity index is 2.13. The minimum atomic E-state index is -1.66. The number of ether oxygens (including phenoxy) is 2. The first kappa shape index (κ1) is 10.1. The normalized spacial score (nSPS) is 53.5. The molecule has 0 bridgehead atoms. The van der Waals surface area contributed by atoms with E-state index >= 15 is 0 Å². The van der Waals surface area contributed by atoms with E-state index in [1.54, 1.807) is 6.26 Å². The molecule has 5 heteroatoms. The summed E-state index contributed by atoms with van der Waals surface area (Å²) in [5.41, 5.74) is -1.23. The number of aliphatic hydroxyl groups is 1. The molecular weight excluding hydrogens is 212 g/mol. The van der Waals surface area contributed by atoms with Gasteiger partial charge >= 0.3 is 5.97 Å². The van der Waals surface area contributed by atoms with Crippen molar-refractivity contribution in [2.45, 2.75) is 31.8 Å². The Kier molecular flexibility index (Phi) is 1.76. The van der Waals surface area contributed by atoms with E-state index in [0.717, 1.165) is 6.42 Å². The number of carbonyl (C=O) groups is 1. The molecule has 2 aliphatic heterocycles. The Morgan fingerprint density at radius 1 is 1.56 bits per heavy atom. The molecule has 16 heavy (non-hydrogen) atoms. The maximum atomic E-state index is 11.5. The highest BCUT2D eigenvalue weighted by molar-refractivity contribution is 5.77. The van der Waals surface area contributed by atoms with Gasteiger partial charge in [-0.15, -0.1) is 0 Å². The monoisotopic (exact) mass is 226 g/mol. The zero-order valence-corrected chi connectivity index (χ0v) is 8.92. The SMILES string of the molecule is C[C@]1(O)O[C@H]2OC=C[C@@H]3CC[C@@]1(C(=O)O)C23. The Hall–Kier alpha value is -1.07. The topological polar surface area (TPSA) is 76.0 Å². The van der Waals surface area contributed by atoms with E-state index < -0.39 is 23.5 Å². The van der Waals surface area contributed by atoms with Crippen molar-refractivity contribution in [1.29, 1.82) is 0 Å². The maximum absolute atomic E-state index is 11.5. The smallest absolute Gasteiger partial charge is 0.315 e. The lowest BCUT2D eigenvalue weighted by Gasteiger charge is -2.33. The van der Waals surface area contributed by atoms with Crippen molar-refractivity contribution in [3.8, 4) is 0 Å². The molecule has 1 saturated heterocycles. The molecule has 0 aromatic rings. The summed E-state index contributed by atoms with van der Waals surface area (Å²) in [5, 5.41) is 19.7. The fraction of sp³-hybridized carbons (Fsp3) is 0.727. The molecule has 5 nitrogen and oxygen atoms in total. The Morgan fingerprint density at radius 2 is 2.31 bits per heavy atom. The van der Waals surface area contributed by atoms with Gasteiger partial charge < -0.3 is 19.7 Å². The van der Waals surface area contributed by atoms with Gasteiger partial charge in [0.2, 0.25) is 6.29 Å². The minimum Gasteiger partial charge on any atom is -0.481 e. The molecule has 1 unspecified atom stereocenters. The molecule has 0 amide bonds. The summed E-state index contributed by atoms with van der Waals surface area (Å²) in [6.45, 7) is 1.42. The number of aliphatic carboxylic acids is 1. The minimum absolute atomic E-state index is 0.129. The van der Waals surface area contributed by atoms with Crippen molar-refractivity contribution in [2.24, 2.45) is 17.3 Å². The van der Waals surface area contributed by atoms with Crippen LogP contribution in [0.1, 0.15) is 19.8 Å². The standard InChI is InChI=1S/C11H14O5/c1-10(14)11(9(12)13)4-2-6-3-5-15-8(16-10)7(6)11/h3,5-8,14H,2,4H2,1H3,(H,12,13)/t6-,7?,8+,10-,11-/m0/s1. The number of hydrogen-bond donors (Lipinski definition) is 2. The fourth-order valence-electron chi connectivity index (χ4n) is 3.49. The van der Waals surface area contributed by atoms with Crippen LogP contribution in [0, 0.1) is 17.3 Å². The number of carboxylic acids is 1. The van der Waals surface area contributed by atoms with Crippen molar-refractivity contribution in [1.82, 2.24) is 0 Å². The molecule has 2 heterocycles. The van der Waals surface area contributed by atoms with E-state index in [9.17, 15) is 15.0 Å². The molecule has 3 aliphatic rings. The molecule has 1 aliphatic carbocycles. The van der Waals surface area contributed by atoms with E-state index in [1.807, 2.05) is 6.08 Å². The molecule has 2 fully saturated rings. The van der Waals surface area contributed by atoms with Crippen molar-refractivity contribution >= 4 is 5.97 Å². The van der Waals surface area contributed by atoms with Gasteiger partial charge in [0.25, 0.3) is 0 Å². The summed E-state index contributed by atoms with van der Waals surface area (Å²) in [7, 11) is 0. The lowest BCUT2D eigenvalue weighted by molar-refractivity contribution is -0.260. The van der Waals surface area contributed by atoms with Crippen LogP contribution in [0.5, 0.6) is 0 Å². The Labute approximate surface area is 92.7 Å². The predicted molar refractivity (Wildman–Crippen MR) is 52.0 cm³/mol. The van der Waals surface area contributed by atoms with Gasteiger partial charge in [0, 0.05) is 5.92 Å². The number of allylic oxidation sites excluding steroid dienone is 1. The van der Waals surface area contributed by atoms with E-state index in [4.69, 9.17) is 9.47 Å². The Bertz CT molecular complexity index is 375. The van der Waals surface area contributed by atoms with E-state index in [2.05, 4.69) is 0 Å². The third-order valence-corrected chi connectivity index (χ3v) is 4.29. The second kappa shape index (κ2) is 2.78. The third-order valence-electron chi connectivity index (χ3n) is 4.29. The summed E-state index contributed by atoms with van der Waals surface area (Å²) in [5.74, 6) is -2.81. The second-order valence-corrected chi connectivity index (χ2v) is 4.94. The summed E-state index contributed by atoms with van der Waals surface area (Å²) in [6.07, 6.45) is 3.97. The summed E-state index contributed by atoms with van der Waals surface area (Å²) >= 11 is 0. The number of rotatable bonds is 1. The highest BCUT2D eigenvalue weighted by Gasteiger charge is 2.72. The number of carboxylic acid groups (broad SMARTS) is 1. The first-order valence-electron chi connectivity index (χ1n) is 5.45. The summed E-state index contributed by atoms with van der Waals surface area (Å²) in [6, 6.07) is 0. The van der Waals surface area contributed by atoms with Gasteiger partial charge in [-0.05, 0) is 31.8 Å². The van der Waals surface area contributed by atoms with E-state index in [0.29, 0.717) is 6.42 Å². The van der Waals surface area contributed by atoms with Crippen LogP contribution in [-0.4, -0.2) is 28.3 Å². The first-order valence-corrected chi connectivity index (χ1v) is 5.45. The average Bonchev–Trinajstić information content (AvgIpc) is 2.68. The maximum Gasteiger partial charge on any atom is 0.315 e. The van der Waals surface area contributed by atoms with Gasteiger partial charge in [0.05, 0.1) is 6.26 Å². The van der Waals surface area contributed by atoms with Crippen LogP contribution in [0.25, 0.3) is 0 Å². The van der Waals surface area contributed by atoms with Gasteiger partial charge in [0.1, 0.15) is 5.41 Å². The van der Waals surface area contributed by atoms with E-state index in [1.165, 1.54) is 6.92 Å². The molecule has 0 aromatic carbocycles. The van der Waals surface area contributed by atoms with Gasteiger partial charge in [-0.1, -0.05) is 0 Å². The van der Waals surface area contributed by atoms with Crippen LogP contribution in [0.3, 0.4) is 0 Å². The molecule has 0 aromatic heterocycles. The molecule has 2 N–H and O–H groups in total.